The summed E-state index contributed by atoms with van der Waals surface area (Å²) in [5.74, 6) is -0.506. The van der Waals surface area contributed by atoms with E-state index in [0.29, 0.717) is 0 Å². The lowest BCUT2D eigenvalue weighted by Gasteiger charge is -2.09. The third-order valence-corrected chi connectivity index (χ3v) is 3.52. The smallest absolute Gasteiger partial charge is 0.303 e. The molecule has 20 heavy (non-hydrogen) atoms. The molecule has 0 saturated carbocycles. The van der Waals surface area contributed by atoms with Crippen molar-refractivity contribution >= 4 is 5.97 Å². The molecule has 0 spiro atoms. The van der Waals surface area contributed by atoms with Gasteiger partial charge in [0.15, 0.2) is 0 Å². The van der Waals surface area contributed by atoms with Gasteiger partial charge >= 0.3 is 5.97 Å². The van der Waals surface area contributed by atoms with Gasteiger partial charge in [0.05, 0.1) is 5.69 Å². The van der Waals surface area contributed by atoms with Crippen LogP contribution in [0.4, 0.5) is 0 Å². The van der Waals surface area contributed by atoms with Gasteiger partial charge < -0.3 is 5.11 Å². The van der Waals surface area contributed by atoms with Crippen LogP contribution in [0.15, 0.2) is 36.5 Å². The van der Waals surface area contributed by atoms with E-state index in [4.69, 9.17) is 5.11 Å². The van der Waals surface area contributed by atoms with Crippen molar-refractivity contribution in [2.75, 3.05) is 0 Å². The van der Waals surface area contributed by atoms with Crippen LogP contribution in [0, 0.1) is 5.92 Å². The van der Waals surface area contributed by atoms with Crippen molar-refractivity contribution in [2.24, 2.45) is 13.0 Å². The Labute approximate surface area is 119 Å². The molecule has 0 radical (unpaired) electrons. The standard InChI is InChI=1S/C16H20N2O2/c1-12(11-16(19)20)3-4-13-5-7-14(8-6-13)15-9-10-17-18(15)2/h5-10,12H,3-4,11H2,1-2H3,(H,19,20). The van der Waals surface area contributed by atoms with Crippen molar-refractivity contribution in [1.29, 1.82) is 0 Å². The molecular formula is C16H20N2O2. The third kappa shape index (κ3) is 3.70. The monoisotopic (exact) mass is 272 g/mol. The van der Waals surface area contributed by atoms with Crippen molar-refractivity contribution in [3.63, 3.8) is 0 Å². The second-order valence-electron chi connectivity index (χ2n) is 5.28. The molecule has 1 atom stereocenters. The molecule has 0 fully saturated rings. The molecule has 1 unspecified atom stereocenters. The first-order chi connectivity index (χ1) is 9.56. The van der Waals surface area contributed by atoms with Gasteiger partial charge in [-0.2, -0.15) is 5.10 Å². The van der Waals surface area contributed by atoms with Gasteiger partial charge in [-0.25, -0.2) is 0 Å². The molecule has 2 rings (SSSR count). The van der Waals surface area contributed by atoms with Crippen LogP contribution in [0.2, 0.25) is 0 Å². The third-order valence-electron chi connectivity index (χ3n) is 3.52. The van der Waals surface area contributed by atoms with Gasteiger partial charge in [0.25, 0.3) is 0 Å². The molecule has 1 N–H and O–H groups in total. The summed E-state index contributed by atoms with van der Waals surface area (Å²) >= 11 is 0. The Bertz CT molecular complexity index is 572. The summed E-state index contributed by atoms with van der Waals surface area (Å²) in [6, 6.07) is 10.4. The zero-order valence-electron chi connectivity index (χ0n) is 11.9. The summed E-state index contributed by atoms with van der Waals surface area (Å²) < 4.78 is 1.85. The van der Waals surface area contributed by atoms with Crippen LogP contribution in [0.5, 0.6) is 0 Å². The summed E-state index contributed by atoms with van der Waals surface area (Å²) in [5, 5.41) is 12.9. The zero-order valence-corrected chi connectivity index (χ0v) is 11.9. The van der Waals surface area contributed by atoms with Gasteiger partial charge in [-0.3, -0.25) is 9.48 Å². The molecule has 2 aromatic rings. The highest BCUT2D eigenvalue weighted by Gasteiger charge is 2.08. The molecule has 0 aliphatic carbocycles. The average Bonchev–Trinajstić information content (AvgIpc) is 2.82. The number of hydrogen-bond acceptors (Lipinski definition) is 2. The van der Waals surface area contributed by atoms with Gasteiger partial charge in [-0.1, -0.05) is 31.2 Å². The maximum absolute atomic E-state index is 10.6. The highest BCUT2D eigenvalue weighted by Crippen LogP contribution is 2.20. The first-order valence-corrected chi connectivity index (χ1v) is 6.85. The fourth-order valence-corrected chi connectivity index (χ4v) is 2.31. The maximum atomic E-state index is 10.6. The lowest BCUT2D eigenvalue weighted by Crippen LogP contribution is -2.05. The van der Waals surface area contributed by atoms with E-state index in [1.165, 1.54) is 5.56 Å². The Morgan fingerprint density at radius 2 is 2.00 bits per heavy atom. The Hall–Kier alpha value is -2.10. The maximum Gasteiger partial charge on any atom is 0.303 e. The van der Waals surface area contributed by atoms with Gasteiger partial charge in [0.2, 0.25) is 0 Å². The highest BCUT2D eigenvalue weighted by molar-refractivity contribution is 5.66. The van der Waals surface area contributed by atoms with Gasteiger partial charge in [-0.05, 0) is 36.0 Å². The van der Waals surface area contributed by atoms with E-state index in [2.05, 4.69) is 29.4 Å². The second-order valence-corrected chi connectivity index (χ2v) is 5.28. The van der Waals surface area contributed by atoms with Gasteiger partial charge in [0.1, 0.15) is 0 Å². The predicted octanol–water partition coefficient (Wildman–Crippen LogP) is 3.13. The van der Waals surface area contributed by atoms with Crippen LogP contribution in [0.1, 0.15) is 25.3 Å². The summed E-state index contributed by atoms with van der Waals surface area (Å²) in [6.45, 7) is 1.98. The molecule has 1 aromatic heterocycles. The number of aromatic nitrogens is 2. The second kappa shape index (κ2) is 6.37. The molecule has 0 amide bonds. The van der Waals surface area contributed by atoms with E-state index in [0.717, 1.165) is 24.1 Å². The summed E-state index contributed by atoms with van der Waals surface area (Å²) in [4.78, 5) is 10.6. The first-order valence-electron chi connectivity index (χ1n) is 6.85. The molecule has 4 nitrogen and oxygen atoms in total. The number of hydrogen-bond donors (Lipinski definition) is 1. The minimum atomic E-state index is -0.718. The fourth-order valence-electron chi connectivity index (χ4n) is 2.31. The van der Waals surface area contributed by atoms with Crippen LogP contribution < -0.4 is 0 Å². The number of carboxylic acid groups (broad SMARTS) is 1. The van der Waals surface area contributed by atoms with Crippen molar-refractivity contribution in [3.05, 3.63) is 42.1 Å². The molecule has 1 heterocycles. The van der Waals surface area contributed by atoms with Gasteiger partial charge in [0, 0.05) is 19.7 Å². The zero-order chi connectivity index (χ0) is 14.5. The Balaban J connectivity index is 1.95. The number of nitrogens with zero attached hydrogens (tertiary/aromatic N) is 2. The number of aryl methyl sites for hydroxylation is 2. The summed E-state index contributed by atoms with van der Waals surface area (Å²) in [6.07, 6.45) is 3.85. The summed E-state index contributed by atoms with van der Waals surface area (Å²) in [5.41, 5.74) is 3.48. The van der Waals surface area contributed by atoms with Crippen molar-refractivity contribution < 1.29 is 9.90 Å². The highest BCUT2D eigenvalue weighted by atomic mass is 16.4. The largest absolute Gasteiger partial charge is 0.481 e. The lowest BCUT2D eigenvalue weighted by molar-refractivity contribution is -0.138. The quantitative estimate of drug-likeness (QED) is 0.879. The average molecular weight is 272 g/mol. The topological polar surface area (TPSA) is 55.1 Å². The Kier molecular flexibility index (Phi) is 4.56. The van der Waals surface area contributed by atoms with Crippen molar-refractivity contribution in [1.82, 2.24) is 9.78 Å². The number of carbonyl (C=O) groups is 1. The Morgan fingerprint density at radius 3 is 2.55 bits per heavy atom. The molecule has 0 bridgehead atoms. The van der Waals surface area contributed by atoms with Crippen LogP contribution in [0.25, 0.3) is 11.3 Å². The minimum absolute atomic E-state index is 0.212. The predicted molar refractivity (Wildman–Crippen MR) is 78.4 cm³/mol. The summed E-state index contributed by atoms with van der Waals surface area (Å²) in [7, 11) is 1.93. The number of benzene rings is 1. The molecule has 0 aliphatic rings. The SMILES string of the molecule is CC(CCc1ccc(-c2ccnn2C)cc1)CC(=O)O. The van der Waals surface area contributed by atoms with Gasteiger partial charge in [-0.15, -0.1) is 0 Å². The van der Waals surface area contributed by atoms with E-state index in [9.17, 15) is 4.79 Å². The normalized spacial score (nSPS) is 12.3. The van der Waals surface area contributed by atoms with Crippen LogP contribution in [-0.2, 0) is 18.3 Å². The first kappa shape index (κ1) is 14.3. The van der Waals surface area contributed by atoms with E-state index >= 15 is 0 Å². The lowest BCUT2D eigenvalue weighted by atomic mass is 9.97. The van der Waals surface area contributed by atoms with Crippen LogP contribution in [0.3, 0.4) is 0 Å². The molecule has 0 saturated heterocycles. The molecular weight excluding hydrogens is 252 g/mol. The number of rotatable bonds is 6. The number of carboxylic acids is 1. The Morgan fingerprint density at radius 1 is 1.30 bits per heavy atom. The van der Waals surface area contributed by atoms with Crippen molar-refractivity contribution in [3.8, 4) is 11.3 Å². The van der Waals surface area contributed by atoms with Crippen LogP contribution >= 0.6 is 0 Å². The molecule has 0 aliphatic heterocycles. The molecule has 1 aromatic carbocycles. The van der Waals surface area contributed by atoms with E-state index in [1.807, 2.05) is 24.7 Å². The minimum Gasteiger partial charge on any atom is -0.481 e. The molecule has 4 heteroatoms. The number of aliphatic carboxylic acids is 1. The molecule has 106 valence electrons. The van der Waals surface area contributed by atoms with E-state index in [1.54, 1.807) is 6.20 Å². The van der Waals surface area contributed by atoms with E-state index < -0.39 is 5.97 Å². The van der Waals surface area contributed by atoms with Crippen LogP contribution in [-0.4, -0.2) is 20.9 Å². The fraction of sp³-hybridized carbons (Fsp3) is 0.375. The van der Waals surface area contributed by atoms with Crippen molar-refractivity contribution in [2.45, 2.75) is 26.2 Å². The van der Waals surface area contributed by atoms with E-state index in [-0.39, 0.29) is 12.3 Å².